The van der Waals surface area contributed by atoms with E-state index in [4.69, 9.17) is 11.6 Å². The van der Waals surface area contributed by atoms with Gasteiger partial charge >= 0.3 is 0 Å². The Bertz CT molecular complexity index is 318. The summed E-state index contributed by atoms with van der Waals surface area (Å²) in [6.07, 6.45) is 3.80. The SMILES string of the molecule is CC(C)C(CCCl)NCc1cncc(F)c1. The Morgan fingerprint density at radius 3 is 2.75 bits per heavy atom. The number of hydrogen-bond donors (Lipinski definition) is 1. The van der Waals surface area contributed by atoms with Crippen LogP contribution in [0.1, 0.15) is 25.8 Å². The van der Waals surface area contributed by atoms with E-state index < -0.39 is 0 Å². The largest absolute Gasteiger partial charge is 0.310 e. The standard InChI is InChI=1S/C12H18ClFN2/c1-9(2)12(3-4-13)16-7-10-5-11(14)8-15-6-10/h5-6,8-9,12,16H,3-4,7H2,1-2H3. The highest BCUT2D eigenvalue weighted by Gasteiger charge is 2.11. The minimum Gasteiger partial charge on any atom is -0.310 e. The summed E-state index contributed by atoms with van der Waals surface area (Å²) in [6, 6.07) is 1.86. The van der Waals surface area contributed by atoms with E-state index in [9.17, 15) is 4.39 Å². The zero-order chi connectivity index (χ0) is 12.0. The van der Waals surface area contributed by atoms with Crippen LogP contribution in [-0.2, 0) is 6.54 Å². The van der Waals surface area contributed by atoms with Crippen LogP contribution < -0.4 is 5.32 Å². The Labute approximate surface area is 101 Å². The maximum absolute atomic E-state index is 12.9. The van der Waals surface area contributed by atoms with Gasteiger partial charge in [0.05, 0.1) is 6.20 Å². The van der Waals surface area contributed by atoms with E-state index in [-0.39, 0.29) is 5.82 Å². The van der Waals surface area contributed by atoms with Crippen LogP contribution in [0.4, 0.5) is 4.39 Å². The second-order valence-electron chi connectivity index (χ2n) is 4.22. The van der Waals surface area contributed by atoms with Crippen LogP contribution in [0.2, 0.25) is 0 Å². The van der Waals surface area contributed by atoms with Crippen molar-refractivity contribution in [1.29, 1.82) is 0 Å². The molecule has 0 amide bonds. The highest BCUT2D eigenvalue weighted by Crippen LogP contribution is 2.09. The van der Waals surface area contributed by atoms with E-state index in [2.05, 4.69) is 24.1 Å². The zero-order valence-electron chi connectivity index (χ0n) is 9.71. The summed E-state index contributed by atoms with van der Waals surface area (Å²) < 4.78 is 12.9. The molecule has 0 radical (unpaired) electrons. The van der Waals surface area contributed by atoms with Crippen LogP contribution in [0.25, 0.3) is 0 Å². The maximum atomic E-state index is 12.9. The molecule has 1 atom stereocenters. The lowest BCUT2D eigenvalue weighted by Gasteiger charge is -2.21. The van der Waals surface area contributed by atoms with Crippen LogP contribution in [0.3, 0.4) is 0 Å². The Morgan fingerprint density at radius 1 is 1.44 bits per heavy atom. The molecule has 1 N–H and O–H groups in total. The summed E-state index contributed by atoms with van der Waals surface area (Å²) in [7, 11) is 0. The van der Waals surface area contributed by atoms with Gasteiger partial charge in [-0.2, -0.15) is 0 Å². The Morgan fingerprint density at radius 2 is 2.19 bits per heavy atom. The minimum absolute atomic E-state index is 0.294. The molecule has 1 rings (SSSR count). The van der Waals surface area contributed by atoms with Crippen LogP contribution in [0.15, 0.2) is 18.5 Å². The lowest BCUT2D eigenvalue weighted by atomic mass is 10.0. The van der Waals surface area contributed by atoms with Crippen molar-refractivity contribution >= 4 is 11.6 Å². The van der Waals surface area contributed by atoms with E-state index in [0.29, 0.717) is 24.4 Å². The quantitative estimate of drug-likeness (QED) is 0.779. The fourth-order valence-corrected chi connectivity index (χ4v) is 1.83. The minimum atomic E-state index is -0.294. The molecule has 2 nitrogen and oxygen atoms in total. The Kier molecular flexibility index (Phi) is 5.71. The van der Waals surface area contributed by atoms with Crippen molar-refractivity contribution in [2.45, 2.75) is 32.9 Å². The van der Waals surface area contributed by atoms with Crippen LogP contribution >= 0.6 is 11.6 Å². The number of rotatable bonds is 6. The zero-order valence-corrected chi connectivity index (χ0v) is 10.5. The molecule has 0 aliphatic heterocycles. The highest BCUT2D eigenvalue weighted by atomic mass is 35.5. The van der Waals surface area contributed by atoms with Crippen LogP contribution in [-0.4, -0.2) is 16.9 Å². The van der Waals surface area contributed by atoms with Gasteiger partial charge in [-0.25, -0.2) is 4.39 Å². The summed E-state index contributed by atoms with van der Waals surface area (Å²) in [5.74, 6) is 0.857. The van der Waals surface area contributed by atoms with Crippen LogP contribution in [0.5, 0.6) is 0 Å². The van der Waals surface area contributed by atoms with Crippen molar-refractivity contribution < 1.29 is 4.39 Å². The van der Waals surface area contributed by atoms with E-state index >= 15 is 0 Å². The van der Waals surface area contributed by atoms with E-state index in [1.807, 2.05) is 0 Å². The van der Waals surface area contributed by atoms with Crippen molar-refractivity contribution in [2.75, 3.05) is 5.88 Å². The molecular weight excluding hydrogens is 227 g/mol. The number of nitrogens with zero attached hydrogens (tertiary/aromatic N) is 1. The molecule has 0 aliphatic carbocycles. The number of halogens is 2. The Balaban J connectivity index is 2.48. The lowest BCUT2D eigenvalue weighted by molar-refractivity contribution is 0.388. The third-order valence-electron chi connectivity index (χ3n) is 2.55. The van der Waals surface area contributed by atoms with Gasteiger partial charge in [-0.1, -0.05) is 13.8 Å². The molecule has 0 aliphatic rings. The third-order valence-corrected chi connectivity index (χ3v) is 2.77. The van der Waals surface area contributed by atoms with Crippen molar-refractivity contribution in [3.05, 3.63) is 29.8 Å². The van der Waals surface area contributed by atoms with Gasteiger partial charge in [-0.3, -0.25) is 4.98 Å². The summed E-state index contributed by atoms with van der Waals surface area (Å²) in [5.41, 5.74) is 0.861. The molecule has 0 bridgehead atoms. The highest BCUT2D eigenvalue weighted by molar-refractivity contribution is 6.17. The van der Waals surface area contributed by atoms with Gasteiger partial charge in [-0.05, 0) is 24.0 Å². The molecule has 0 saturated heterocycles. The maximum Gasteiger partial charge on any atom is 0.141 e. The van der Waals surface area contributed by atoms with Crippen molar-refractivity contribution in [1.82, 2.24) is 10.3 Å². The average Bonchev–Trinajstić information content (AvgIpc) is 2.24. The smallest absolute Gasteiger partial charge is 0.141 e. The number of pyridine rings is 1. The summed E-state index contributed by atoms with van der Waals surface area (Å²) in [4.78, 5) is 3.81. The first-order chi connectivity index (χ1) is 7.63. The van der Waals surface area contributed by atoms with Gasteiger partial charge < -0.3 is 5.32 Å². The van der Waals surface area contributed by atoms with Crippen molar-refractivity contribution in [2.24, 2.45) is 5.92 Å². The van der Waals surface area contributed by atoms with Crippen LogP contribution in [0, 0.1) is 11.7 Å². The van der Waals surface area contributed by atoms with E-state index in [1.165, 1.54) is 12.3 Å². The third kappa shape index (κ3) is 4.45. The van der Waals surface area contributed by atoms with Gasteiger partial charge in [-0.15, -0.1) is 11.6 Å². The van der Waals surface area contributed by atoms with Gasteiger partial charge in [0.2, 0.25) is 0 Å². The molecule has 16 heavy (non-hydrogen) atoms. The molecule has 0 spiro atoms. The predicted molar refractivity (Wildman–Crippen MR) is 65.0 cm³/mol. The second kappa shape index (κ2) is 6.81. The first kappa shape index (κ1) is 13.4. The number of hydrogen-bond acceptors (Lipinski definition) is 2. The molecule has 1 heterocycles. The first-order valence-corrected chi connectivity index (χ1v) is 6.05. The molecule has 90 valence electrons. The molecule has 4 heteroatoms. The molecule has 1 aromatic rings. The van der Waals surface area contributed by atoms with Gasteiger partial charge in [0.1, 0.15) is 5.82 Å². The van der Waals surface area contributed by atoms with Gasteiger partial charge in [0.15, 0.2) is 0 Å². The van der Waals surface area contributed by atoms with E-state index in [0.717, 1.165) is 12.0 Å². The lowest BCUT2D eigenvalue weighted by Crippen LogP contribution is -2.33. The van der Waals surface area contributed by atoms with Crippen molar-refractivity contribution in [3.63, 3.8) is 0 Å². The fraction of sp³-hybridized carbons (Fsp3) is 0.583. The fourth-order valence-electron chi connectivity index (χ4n) is 1.59. The van der Waals surface area contributed by atoms with Crippen molar-refractivity contribution in [3.8, 4) is 0 Å². The number of aromatic nitrogens is 1. The number of nitrogens with one attached hydrogen (secondary N) is 1. The van der Waals surface area contributed by atoms with Gasteiger partial charge in [0, 0.05) is 24.7 Å². The first-order valence-electron chi connectivity index (χ1n) is 5.52. The van der Waals surface area contributed by atoms with E-state index in [1.54, 1.807) is 6.20 Å². The molecule has 1 aromatic heterocycles. The summed E-state index contributed by atoms with van der Waals surface area (Å²) >= 11 is 5.73. The molecule has 0 saturated carbocycles. The molecule has 1 unspecified atom stereocenters. The second-order valence-corrected chi connectivity index (χ2v) is 4.60. The molecular formula is C12H18ClFN2. The Hall–Kier alpha value is -0.670. The normalized spacial score (nSPS) is 13.1. The molecule has 0 fully saturated rings. The van der Waals surface area contributed by atoms with Gasteiger partial charge in [0.25, 0.3) is 0 Å². The summed E-state index contributed by atoms with van der Waals surface area (Å²) in [6.45, 7) is 4.92. The molecule has 0 aromatic carbocycles. The predicted octanol–water partition coefficient (Wildman–Crippen LogP) is 2.96. The average molecular weight is 245 g/mol. The topological polar surface area (TPSA) is 24.9 Å². The monoisotopic (exact) mass is 244 g/mol. The number of alkyl halides is 1. The summed E-state index contributed by atoms with van der Waals surface area (Å²) in [5, 5.41) is 3.37.